The topological polar surface area (TPSA) is 114 Å². The van der Waals surface area contributed by atoms with Gasteiger partial charge in [-0.15, -0.1) is 0 Å². The Morgan fingerprint density at radius 2 is 1.90 bits per heavy atom. The van der Waals surface area contributed by atoms with E-state index in [0.29, 0.717) is 34.5 Å². The molecule has 9 nitrogen and oxygen atoms in total. The second kappa shape index (κ2) is 9.97. The van der Waals surface area contributed by atoms with E-state index in [1.165, 1.54) is 0 Å². The average Bonchev–Trinajstić information content (AvgIpc) is 2.93. The Labute approximate surface area is 175 Å². The van der Waals surface area contributed by atoms with Crippen LogP contribution in [0.4, 0.5) is 5.69 Å². The van der Waals surface area contributed by atoms with Crippen molar-refractivity contribution < 1.29 is 9.72 Å². The summed E-state index contributed by atoms with van der Waals surface area (Å²) in [6.07, 6.45) is 0.982. The summed E-state index contributed by atoms with van der Waals surface area (Å²) in [5, 5.41) is 18.7. The van der Waals surface area contributed by atoms with Crippen LogP contribution in [-0.4, -0.2) is 32.3 Å². The third-order valence-corrected chi connectivity index (χ3v) is 4.62. The molecule has 10 heteroatoms. The first kappa shape index (κ1) is 22.3. The fourth-order valence-corrected chi connectivity index (χ4v) is 2.90. The van der Waals surface area contributed by atoms with E-state index >= 15 is 0 Å². The number of nitrogens with one attached hydrogen (secondary N) is 3. The normalized spacial score (nSPS) is 10.7. The molecule has 0 spiro atoms. The van der Waals surface area contributed by atoms with Crippen molar-refractivity contribution in [2.75, 3.05) is 6.54 Å². The lowest BCUT2D eigenvalue weighted by atomic mass is 10.1. The zero-order valence-electron chi connectivity index (χ0n) is 17.0. The summed E-state index contributed by atoms with van der Waals surface area (Å²) in [5.74, 6) is 0.255. The standard InChI is InChI=1S/C19H26N6O3S/c1-12(2)9-10-20-19(29)22-21-18(26)16-7-5-15(6-8-16)11-24-14(4)17(25(27)28)13(3)23-24/h5-8,12H,9-11H2,1-4H3,(H,21,26)(H2,20,22,29). The fourth-order valence-electron chi connectivity index (χ4n) is 2.74. The molecule has 1 amide bonds. The molecule has 2 rings (SSSR count). The number of benzene rings is 1. The number of hydrazine groups is 1. The Morgan fingerprint density at radius 3 is 2.45 bits per heavy atom. The quantitative estimate of drug-likeness (QED) is 0.360. The van der Waals surface area contributed by atoms with Crippen molar-refractivity contribution in [2.24, 2.45) is 5.92 Å². The summed E-state index contributed by atoms with van der Waals surface area (Å²) in [4.78, 5) is 22.9. The van der Waals surface area contributed by atoms with Crippen LogP contribution in [0.1, 0.15) is 47.6 Å². The minimum absolute atomic E-state index is 0.0324. The second-order valence-electron chi connectivity index (χ2n) is 7.15. The van der Waals surface area contributed by atoms with Gasteiger partial charge < -0.3 is 5.32 Å². The smallest absolute Gasteiger partial charge is 0.312 e. The minimum atomic E-state index is -0.420. The maximum atomic E-state index is 12.2. The highest BCUT2D eigenvalue weighted by molar-refractivity contribution is 7.80. The molecule has 0 radical (unpaired) electrons. The van der Waals surface area contributed by atoms with E-state index in [-0.39, 0.29) is 11.6 Å². The van der Waals surface area contributed by atoms with Gasteiger partial charge in [0.2, 0.25) is 0 Å². The van der Waals surface area contributed by atoms with Crippen molar-refractivity contribution in [3.63, 3.8) is 0 Å². The third-order valence-electron chi connectivity index (χ3n) is 4.37. The van der Waals surface area contributed by atoms with Gasteiger partial charge in [-0.1, -0.05) is 26.0 Å². The van der Waals surface area contributed by atoms with Crippen molar-refractivity contribution >= 4 is 28.9 Å². The van der Waals surface area contributed by atoms with Gasteiger partial charge in [-0.25, -0.2) is 0 Å². The van der Waals surface area contributed by atoms with E-state index in [4.69, 9.17) is 12.2 Å². The van der Waals surface area contributed by atoms with Gasteiger partial charge in [0.25, 0.3) is 5.91 Å². The summed E-state index contributed by atoms with van der Waals surface area (Å²) in [5.41, 5.74) is 7.48. The van der Waals surface area contributed by atoms with Gasteiger partial charge in [0.15, 0.2) is 5.11 Å². The van der Waals surface area contributed by atoms with Crippen LogP contribution in [0.2, 0.25) is 0 Å². The predicted molar refractivity (Wildman–Crippen MR) is 115 cm³/mol. The van der Waals surface area contributed by atoms with E-state index in [2.05, 4.69) is 35.1 Å². The maximum absolute atomic E-state index is 12.2. The molecule has 0 bridgehead atoms. The number of nitrogens with zero attached hydrogens (tertiary/aromatic N) is 3. The molecule has 1 heterocycles. The van der Waals surface area contributed by atoms with Crippen molar-refractivity contribution in [2.45, 2.75) is 40.7 Å². The van der Waals surface area contributed by atoms with Crippen molar-refractivity contribution in [1.82, 2.24) is 25.9 Å². The number of hydrogen-bond acceptors (Lipinski definition) is 5. The summed E-state index contributed by atoms with van der Waals surface area (Å²) >= 11 is 5.12. The van der Waals surface area contributed by atoms with Crippen LogP contribution in [0.25, 0.3) is 0 Å². The number of carbonyl (C=O) groups is 1. The summed E-state index contributed by atoms with van der Waals surface area (Å²) in [6.45, 7) is 8.65. The van der Waals surface area contributed by atoms with Crippen molar-refractivity contribution in [1.29, 1.82) is 0 Å². The van der Waals surface area contributed by atoms with Gasteiger partial charge in [-0.2, -0.15) is 5.10 Å². The molecule has 0 unspecified atom stereocenters. The van der Waals surface area contributed by atoms with Gasteiger partial charge in [-0.05, 0) is 56.1 Å². The lowest BCUT2D eigenvalue weighted by Crippen LogP contribution is -2.47. The maximum Gasteiger partial charge on any atom is 0.312 e. The van der Waals surface area contributed by atoms with Crippen molar-refractivity contribution in [3.05, 3.63) is 56.9 Å². The molecule has 0 aliphatic rings. The summed E-state index contributed by atoms with van der Waals surface area (Å²) in [7, 11) is 0. The number of hydrogen-bond donors (Lipinski definition) is 3. The average molecular weight is 419 g/mol. The molecule has 1 aromatic carbocycles. The number of rotatable bonds is 7. The molecule has 0 saturated heterocycles. The Hall–Kier alpha value is -3.01. The molecule has 0 atom stereocenters. The SMILES string of the molecule is Cc1nn(Cc2ccc(C(=O)NNC(=S)NCCC(C)C)cc2)c(C)c1[N+](=O)[O-]. The molecule has 1 aromatic heterocycles. The molecule has 29 heavy (non-hydrogen) atoms. The number of thiocarbonyl (C=S) groups is 1. The Bertz CT molecular complexity index is 892. The van der Waals surface area contributed by atoms with Crippen LogP contribution in [0.5, 0.6) is 0 Å². The van der Waals surface area contributed by atoms with Crippen LogP contribution in [0, 0.1) is 29.9 Å². The predicted octanol–water partition coefficient (Wildman–Crippen LogP) is 2.61. The Kier molecular flexibility index (Phi) is 7.66. The summed E-state index contributed by atoms with van der Waals surface area (Å²) in [6, 6.07) is 6.94. The Balaban J connectivity index is 1.91. The lowest BCUT2D eigenvalue weighted by Gasteiger charge is -2.12. The van der Waals surface area contributed by atoms with Gasteiger partial charge in [0, 0.05) is 12.1 Å². The molecule has 0 aliphatic heterocycles. The van der Waals surface area contributed by atoms with Crippen LogP contribution in [0.15, 0.2) is 24.3 Å². The van der Waals surface area contributed by atoms with E-state index in [1.807, 2.05) is 0 Å². The molecule has 0 aliphatic carbocycles. The first-order chi connectivity index (χ1) is 13.7. The van der Waals surface area contributed by atoms with Crippen LogP contribution in [-0.2, 0) is 6.54 Å². The minimum Gasteiger partial charge on any atom is -0.361 e. The first-order valence-corrected chi connectivity index (χ1v) is 9.71. The number of aromatic nitrogens is 2. The van der Waals surface area contributed by atoms with Gasteiger partial charge in [0.05, 0.1) is 11.5 Å². The summed E-state index contributed by atoms with van der Waals surface area (Å²) < 4.78 is 1.59. The highest BCUT2D eigenvalue weighted by atomic mass is 32.1. The van der Waals surface area contributed by atoms with Gasteiger partial charge in [0.1, 0.15) is 11.4 Å². The molecule has 0 fully saturated rings. The monoisotopic (exact) mass is 418 g/mol. The number of carbonyl (C=O) groups excluding carboxylic acids is 1. The van der Waals surface area contributed by atoms with Crippen LogP contribution >= 0.6 is 12.2 Å². The molecule has 156 valence electrons. The van der Waals surface area contributed by atoms with Crippen LogP contribution in [0.3, 0.4) is 0 Å². The largest absolute Gasteiger partial charge is 0.361 e. The van der Waals surface area contributed by atoms with E-state index in [1.54, 1.807) is 42.8 Å². The van der Waals surface area contributed by atoms with Crippen molar-refractivity contribution in [3.8, 4) is 0 Å². The molecular weight excluding hydrogens is 392 g/mol. The molecule has 0 saturated carbocycles. The number of aryl methyl sites for hydroxylation is 1. The van der Waals surface area contributed by atoms with E-state index in [9.17, 15) is 14.9 Å². The number of amides is 1. The highest BCUT2D eigenvalue weighted by Crippen LogP contribution is 2.22. The molecular formula is C19H26N6O3S. The molecule has 3 N–H and O–H groups in total. The molecule has 2 aromatic rings. The fraction of sp³-hybridized carbons (Fsp3) is 0.421. The van der Waals surface area contributed by atoms with E-state index in [0.717, 1.165) is 18.5 Å². The first-order valence-electron chi connectivity index (χ1n) is 9.30. The zero-order valence-corrected chi connectivity index (χ0v) is 17.8. The Morgan fingerprint density at radius 1 is 1.24 bits per heavy atom. The third kappa shape index (κ3) is 6.24. The number of nitro groups is 1. The zero-order chi connectivity index (χ0) is 21.6. The highest BCUT2D eigenvalue weighted by Gasteiger charge is 2.21. The van der Waals surface area contributed by atoms with Gasteiger partial charge >= 0.3 is 5.69 Å². The van der Waals surface area contributed by atoms with E-state index < -0.39 is 4.92 Å². The van der Waals surface area contributed by atoms with Gasteiger partial charge in [-0.3, -0.25) is 30.4 Å². The lowest BCUT2D eigenvalue weighted by molar-refractivity contribution is -0.386. The van der Waals surface area contributed by atoms with Crippen LogP contribution < -0.4 is 16.2 Å². The second-order valence-corrected chi connectivity index (χ2v) is 7.56.